The van der Waals surface area contributed by atoms with Crippen LogP contribution in [0.15, 0.2) is 58.3 Å². The van der Waals surface area contributed by atoms with E-state index in [4.69, 9.17) is 16.4 Å². The third-order valence-corrected chi connectivity index (χ3v) is 6.59. The fourth-order valence-corrected chi connectivity index (χ4v) is 5.07. The summed E-state index contributed by atoms with van der Waals surface area (Å²) in [6, 6.07) is 11.1. The zero-order valence-electron chi connectivity index (χ0n) is 15.0. The summed E-state index contributed by atoms with van der Waals surface area (Å²) >= 11 is 6.27. The quantitative estimate of drug-likeness (QED) is 0.216. The van der Waals surface area contributed by atoms with Crippen LogP contribution in [0.2, 0.25) is 0 Å². The zero-order valence-corrected chi connectivity index (χ0v) is 17.4. The Balaban J connectivity index is 1.99. The van der Waals surface area contributed by atoms with Crippen LogP contribution in [-0.4, -0.2) is 35.0 Å². The first kappa shape index (κ1) is 21.0. The summed E-state index contributed by atoms with van der Waals surface area (Å²) in [7, 11) is -4.48. The SMILES string of the molecule is CCN1C(=O)/C(=C/c2ccccc2OS(=O)(=O)c2ccccc2[N+](=O)[O-])SC1=S. The smallest absolute Gasteiger partial charge is 0.346 e. The Bertz CT molecular complexity index is 1140. The van der Waals surface area contributed by atoms with E-state index >= 15 is 0 Å². The van der Waals surface area contributed by atoms with Crippen molar-refractivity contribution >= 4 is 56.1 Å². The number of benzene rings is 2. The average molecular weight is 451 g/mol. The van der Waals surface area contributed by atoms with Gasteiger partial charge in [-0.25, -0.2) is 0 Å². The van der Waals surface area contributed by atoms with Crippen molar-refractivity contribution < 1.29 is 22.3 Å². The molecule has 29 heavy (non-hydrogen) atoms. The molecule has 1 fully saturated rings. The highest BCUT2D eigenvalue weighted by molar-refractivity contribution is 8.26. The summed E-state index contributed by atoms with van der Waals surface area (Å²) in [5, 5.41) is 11.2. The van der Waals surface area contributed by atoms with Gasteiger partial charge < -0.3 is 4.18 Å². The Labute approximate surface area is 176 Å². The summed E-state index contributed by atoms with van der Waals surface area (Å²) in [4.78, 5) is 24.0. The van der Waals surface area contributed by atoms with Crippen molar-refractivity contribution in [3.63, 3.8) is 0 Å². The Morgan fingerprint density at radius 3 is 2.52 bits per heavy atom. The monoisotopic (exact) mass is 450 g/mol. The van der Waals surface area contributed by atoms with Crippen molar-refractivity contribution in [2.45, 2.75) is 11.8 Å². The van der Waals surface area contributed by atoms with Gasteiger partial charge in [0.1, 0.15) is 10.1 Å². The van der Waals surface area contributed by atoms with Gasteiger partial charge in [0.05, 0.1) is 9.83 Å². The van der Waals surface area contributed by atoms with Crippen molar-refractivity contribution in [2.75, 3.05) is 6.54 Å². The minimum atomic E-state index is -4.48. The van der Waals surface area contributed by atoms with E-state index in [1.54, 1.807) is 25.1 Å². The number of thioether (sulfide) groups is 1. The molecule has 0 saturated carbocycles. The molecule has 1 aliphatic rings. The Morgan fingerprint density at radius 1 is 1.21 bits per heavy atom. The van der Waals surface area contributed by atoms with E-state index in [1.165, 1.54) is 29.2 Å². The van der Waals surface area contributed by atoms with E-state index in [2.05, 4.69) is 0 Å². The highest BCUT2D eigenvalue weighted by atomic mass is 32.2. The molecular weight excluding hydrogens is 436 g/mol. The molecule has 1 saturated heterocycles. The number of para-hydroxylation sites is 2. The maximum Gasteiger partial charge on any atom is 0.346 e. The van der Waals surface area contributed by atoms with Crippen molar-refractivity contribution in [2.24, 2.45) is 0 Å². The number of nitro benzene ring substituents is 1. The lowest BCUT2D eigenvalue weighted by Crippen LogP contribution is -2.27. The molecule has 3 rings (SSSR count). The van der Waals surface area contributed by atoms with Crippen LogP contribution in [0, 0.1) is 10.1 Å². The molecule has 0 aliphatic carbocycles. The number of carbonyl (C=O) groups excluding carboxylic acids is 1. The molecule has 2 aromatic carbocycles. The first-order chi connectivity index (χ1) is 13.7. The predicted octanol–water partition coefficient (Wildman–Crippen LogP) is 3.58. The van der Waals surface area contributed by atoms with Crippen LogP contribution in [-0.2, 0) is 14.9 Å². The van der Waals surface area contributed by atoms with Crippen LogP contribution in [0.4, 0.5) is 5.69 Å². The van der Waals surface area contributed by atoms with E-state index in [0.29, 0.717) is 21.3 Å². The van der Waals surface area contributed by atoms with Crippen LogP contribution in [0.1, 0.15) is 12.5 Å². The van der Waals surface area contributed by atoms with Crippen LogP contribution in [0.5, 0.6) is 5.75 Å². The molecule has 1 amide bonds. The number of likely N-dealkylation sites (N-methyl/N-ethyl adjacent to an activating group) is 1. The normalized spacial score (nSPS) is 15.8. The lowest BCUT2D eigenvalue weighted by Gasteiger charge is -2.11. The second kappa shape index (κ2) is 8.31. The second-order valence-electron chi connectivity index (χ2n) is 5.73. The lowest BCUT2D eigenvalue weighted by atomic mass is 10.2. The molecule has 0 unspecified atom stereocenters. The lowest BCUT2D eigenvalue weighted by molar-refractivity contribution is -0.387. The molecule has 0 radical (unpaired) electrons. The second-order valence-corrected chi connectivity index (χ2v) is 8.92. The first-order valence-electron chi connectivity index (χ1n) is 8.27. The molecule has 8 nitrogen and oxygen atoms in total. The van der Waals surface area contributed by atoms with Gasteiger partial charge in [-0.15, -0.1) is 0 Å². The van der Waals surface area contributed by atoms with Crippen LogP contribution in [0.25, 0.3) is 6.08 Å². The summed E-state index contributed by atoms with van der Waals surface area (Å²) < 4.78 is 31.0. The summed E-state index contributed by atoms with van der Waals surface area (Å²) in [5.41, 5.74) is -0.264. The topological polar surface area (TPSA) is 107 Å². The van der Waals surface area contributed by atoms with Crippen LogP contribution < -0.4 is 4.18 Å². The van der Waals surface area contributed by atoms with Crippen molar-refractivity contribution in [3.8, 4) is 5.75 Å². The Hall–Kier alpha value is -2.76. The van der Waals surface area contributed by atoms with Gasteiger partial charge in [0, 0.05) is 18.2 Å². The highest BCUT2D eigenvalue weighted by Gasteiger charge is 2.31. The number of nitro groups is 1. The van der Waals surface area contributed by atoms with Crippen LogP contribution in [0.3, 0.4) is 0 Å². The largest absolute Gasteiger partial charge is 0.378 e. The Morgan fingerprint density at radius 2 is 1.86 bits per heavy atom. The molecule has 0 atom stereocenters. The summed E-state index contributed by atoms with van der Waals surface area (Å²) in [6.45, 7) is 2.22. The minimum Gasteiger partial charge on any atom is -0.378 e. The van der Waals surface area contributed by atoms with E-state index in [1.807, 2.05) is 0 Å². The number of thiocarbonyl (C=S) groups is 1. The van der Waals surface area contributed by atoms with Crippen molar-refractivity contribution in [1.29, 1.82) is 0 Å². The fraction of sp³-hybridized carbons (Fsp3) is 0.111. The molecule has 0 bridgehead atoms. The summed E-state index contributed by atoms with van der Waals surface area (Å²) in [5.74, 6) is -0.341. The first-order valence-corrected chi connectivity index (χ1v) is 10.9. The van der Waals surface area contributed by atoms with E-state index in [0.717, 1.165) is 23.9 Å². The molecule has 1 heterocycles. The molecule has 0 N–H and O–H groups in total. The molecule has 150 valence electrons. The predicted molar refractivity (Wildman–Crippen MR) is 113 cm³/mol. The third-order valence-electron chi connectivity index (χ3n) is 3.93. The van der Waals surface area contributed by atoms with Gasteiger partial charge in [0.25, 0.3) is 11.6 Å². The molecule has 0 aromatic heterocycles. The molecule has 1 aliphatic heterocycles. The molecule has 11 heteroatoms. The molecule has 0 spiro atoms. The standard InChI is InChI=1S/C18H14N2O6S3/c1-2-19-17(21)15(28-18(19)27)11-12-7-3-5-9-14(12)26-29(24,25)16-10-6-4-8-13(16)20(22)23/h3-11H,2H2,1H3/b15-11-. The van der Waals surface area contributed by atoms with Gasteiger partial charge in [0.15, 0.2) is 4.90 Å². The highest BCUT2D eigenvalue weighted by Crippen LogP contribution is 2.35. The maximum atomic E-state index is 12.7. The third kappa shape index (κ3) is 4.31. The van der Waals surface area contributed by atoms with Crippen LogP contribution >= 0.6 is 24.0 Å². The number of amides is 1. The summed E-state index contributed by atoms with van der Waals surface area (Å²) in [6.07, 6.45) is 1.49. The Kier molecular flexibility index (Phi) is 6.01. The van der Waals surface area contributed by atoms with Gasteiger partial charge in [-0.05, 0) is 25.1 Å². The number of rotatable bonds is 6. The van der Waals surface area contributed by atoms with Gasteiger partial charge in [-0.3, -0.25) is 19.8 Å². The van der Waals surface area contributed by atoms with Crippen molar-refractivity contribution in [1.82, 2.24) is 4.90 Å². The van der Waals surface area contributed by atoms with Gasteiger partial charge >= 0.3 is 10.1 Å². The number of hydrogen-bond donors (Lipinski definition) is 0. The number of carbonyl (C=O) groups is 1. The average Bonchev–Trinajstić information content (AvgIpc) is 2.95. The molecular formula is C18H14N2O6S3. The van der Waals surface area contributed by atoms with Gasteiger partial charge in [-0.1, -0.05) is 54.3 Å². The zero-order chi connectivity index (χ0) is 21.2. The van der Waals surface area contributed by atoms with E-state index in [9.17, 15) is 23.3 Å². The number of hydrogen-bond acceptors (Lipinski definition) is 8. The van der Waals surface area contributed by atoms with Gasteiger partial charge in [0.2, 0.25) is 0 Å². The minimum absolute atomic E-state index is 0.0626. The van der Waals surface area contributed by atoms with E-state index in [-0.39, 0.29) is 11.7 Å². The number of nitrogens with zero attached hydrogens (tertiary/aromatic N) is 2. The van der Waals surface area contributed by atoms with E-state index < -0.39 is 25.6 Å². The van der Waals surface area contributed by atoms with Crippen molar-refractivity contribution in [3.05, 3.63) is 69.1 Å². The fourth-order valence-electron chi connectivity index (χ4n) is 2.57. The maximum absolute atomic E-state index is 12.7. The van der Waals surface area contributed by atoms with Gasteiger partial charge in [-0.2, -0.15) is 8.42 Å². The molecule has 2 aromatic rings.